The predicted molar refractivity (Wildman–Crippen MR) is 79.8 cm³/mol. The molecule has 0 aliphatic rings. The van der Waals surface area contributed by atoms with Gasteiger partial charge in [-0.05, 0) is 32.9 Å². The predicted octanol–water partition coefficient (Wildman–Crippen LogP) is 3.27. The van der Waals surface area contributed by atoms with Gasteiger partial charge in [-0.25, -0.2) is 23.1 Å². The fourth-order valence-corrected chi connectivity index (χ4v) is 1.86. The Hall–Kier alpha value is -2.64. The van der Waals surface area contributed by atoms with Crippen molar-refractivity contribution in [1.82, 2.24) is 9.97 Å². The summed E-state index contributed by atoms with van der Waals surface area (Å²) in [6, 6.07) is 3.14. The summed E-state index contributed by atoms with van der Waals surface area (Å²) in [6.45, 7) is 5.39. The molecule has 1 heterocycles. The Morgan fingerprint density at radius 1 is 1.13 bits per heavy atom. The SMILES string of the molecule is Cc1nc(NC(C)C)cc(C(=O)Nc2ccc(F)c(F)c2F)n1. The molecule has 122 valence electrons. The molecule has 0 saturated carbocycles. The highest BCUT2D eigenvalue weighted by molar-refractivity contribution is 6.03. The van der Waals surface area contributed by atoms with Crippen molar-refractivity contribution in [3.63, 3.8) is 0 Å². The number of hydrogen-bond donors (Lipinski definition) is 2. The van der Waals surface area contributed by atoms with Gasteiger partial charge in [-0.15, -0.1) is 0 Å². The van der Waals surface area contributed by atoms with Crippen molar-refractivity contribution in [2.45, 2.75) is 26.8 Å². The van der Waals surface area contributed by atoms with Gasteiger partial charge in [-0.2, -0.15) is 0 Å². The van der Waals surface area contributed by atoms with E-state index in [2.05, 4.69) is 20.6 Å². The summed E-state index contributed by atoms with van der Waals surface area (Å²) in [5, 5.41) is 5.18. The van der Waals surface area contributed by atoms with Crippen LogP contribution in [0.2, 0.25) is 0 Å². The van der Waals surface area contributed by atoms with Gasteiger partial charge in [0, 0.05) is 12.1 Å². The van der Waals surface area contributed by atoms with Crippen LogP contribution in [-0.2, 0) is 0 Å². The summed E-state index contributed by atoms with van der Waals surface area (Å²) < 4.78 is 39.7. The lowest BCUT2D eigenvalue weighted by atomic mass is 10.2. The van der Waals surface area contributed by atoms with E-state index in [9.17, 15) is 18.0 Å². The number of aromatic nitrogens is 2. The Balaban J connectivity index is 2.27. The molecule has 23 heavy (non-hydrogen) atoms. The molecule has 0 radical (unpaired) electrons. The lowest BCUT2D eigenvalue weighted by molar-refractivity contribution is 0.102. The van der Waals surface area contributed by atoms with E-state index in [1.807, 2.05) is 13.8 Å². The zero-order valence-corrected chi connectivity index (χ0v) is 12.7. The third kappa shape index (κ3) is 3.97. The zero-order valence-electron chi connectivity index (χ0n) is 12.7. The molecule has 8 heteroatoms. The number of nitrogens with zero attached hydrogens (tertiary/aromatic N) is 2. The van der Waals surface area contributed by atoms with Crippen LogP contribution < -0.4 is 10.6 Å². The number of carbonyl (C=O) groups is 1. The van der Waals surface area contributed by atoms with Crippen LogP contribution in [-0.4, -0.2) is 21.9 Å². The minimum Gasteiger partial charge on any atom is -0.368 e. The lowest BCUT2D eigenvalue weighted by Crippen LogP contribution is -2.18. The van der Waals surface area contributed by atoms with Gasteiger partial charge in [0.15, 0.2) is 17.5 Å². The van der Waals surface area contributed by atoms with Crippen molar-refractivity contribution in [1.29, 1.82) is 0 Å². The van der Waals surface area contributed by atoms with Gasteiger partial charge in [0.25, 0.3) is 5.91 Å². The van der Waals surface area contributed by atoms with E-state index in [-0.39, 0.29) is 11.7 Å². The van der Waals surface area contributed by atoms with Crippen molar-refractivity contribution < 1.29 is 18.0 Å². The topological polar surface area (TPSA) is 66.9 Å². The van der Waals surface area contributed by atoms with Gasteiger partial charge < -0.3 is 10.6 Å². The fraction of sp³-hybridized carbons (Fsp3) is 0.267. The Morgan fingerprint density at radius 3 is 2.48 bits per heavy atom. The Bertz CT molecular complexity index is 750. The van der Waals surface area contributed by atoms with Crippen LogP contribution in [0, 0.1) is 24.4 Å². The molecular weight excluding hydrogens is 309 g/mol. The van der Waals surface area contributed by atoms with Crippen molar-refractivity contribution >= 4 is 17.4 Å². The van der Waals surface area contributed by atoms with Crippen LogP contribution >= 0.6 is 0 Å². The maximum absolute atomic E-state index is 13.6. The van der Waals surface area contributed by atoms with Crippen LogP contribution in [0.15, 0.2) is 18.2 Å². The molecular formula is C15H15F3N4O. The number of rotatable bonds is 4. The van der Waals surface area contributed by atoms with E-state index < -0.39 is 29.0 Å². The highest BCUT2D eigenvalue weighted by Gasteiger charge is 2.17. The van der Waals surface area contributed by atoms with Gasteiger partial charge in [0.2, 0.25) is 0 Å². The molecule has 0 unspecified atom stereocenters. The average Bonchev–Trinajstić information content (AvgIpc) is 2.46. The van der Waals surface area contributed by atoms with Gasteiger partial charge in [-0.1, -0.05) is 0 Å². The highest BCUT2D eigenvalue weighted by atomic mass is 19.2. The Morgan fingerprint density at radius 2 is 1.83 bits per heavy atom. The van der Waals surface area contributed by atoms with E-state index in [1.165, 1.54) is 6.07 Å². The largest absolute Gasteiger partial charge is 0.368 e. The van der Waals surface area contributed by atoms with E-state index >= 15 is 0 Å². The second-order valence-corrected chi connectivity index (χ2v) is 5.16. The minimum atomic E-state index is -1.65. The Labute approximate surface area is 131 Å². The Kier molecular flexibility index (Phi) is 4.83. The van der Waals surface area contributed by atoms with Crippen LogP contribution in [0.1, 0.15) is 30.2 Å². The number of anilines is 2. The summed E-state index contributed by atoms with van der Waals surface area (Å²) >= 11 is 0. The van der Waals surface area contributed by atoms with Gasteiger partial charge in [-0.3, -0.25) is 4.79 Å². The van der Waals surface area contributed by atoms with Gasteiger partial charge in [0.1, 0.15) is 17.3 Å². The first-order valence-corrected chi connectivity index (χ1v) is 6.85. The fourth-order valence-electron chi connectivity index (χ4n) is 1.86. The van der Waals surface area contributed by atoms with E-state index in [0.717, 1.165) is 12.1 Å². The molecule has 1 aromatic heterocycles. The van der Waals surface area contributed by atoms with Gasteiger partial charge >= 0.3 is 0 Å². The number of aryl methyl sites for hydroxylation is 1. The summed E-state index contributed by atoms with van der Waals surface area (Å²) in [6.07, 6.45) is 0. The molecule has 0 saturated heterocycles. The van der Waals surface area contributed by atoms with Crippen molar-refractivity contribution in [2.24, 2.45) is 0 Å². The molecule has 2 N–H and O–H groups in total. The highest BCUT2D eigenvalue weighted by Crippen LogP contribution is 2.20. The summed E-state index contributed by atoms with van der Waals surface area (Å²) in [7, 11) is 0. The monoisotopic (exact) mass is 324 g/mol. The number of halogens is 3. The molecule has 0 bridgehead atoms. The molecule has 0 spiro atoms. The first-order valence-electron chi connectivity index (χ1n) is 6.85. The van der Waals surface area contributed by atoms with Gasteiger partial charge in [0.05, 0.1) is 5.69 Å². The third-order valence-corrected chi connectivity index (χ3v) is 2.79. The summed E-state index contributed by atoms with van der Waals surface area (Å²) in [5.74, 6) is -4.43. The summed E-state index contributed by atoms with van der Waals surface area (Å²) in [5.41, 5.74) is -0.492. The lowest BCUT2D eigenvalue weighted by Gasteiger charge is -2.11. The standard InChI is InChI=1S/C15H15F3N4O/c1-7(2)19-12-6-11(20-8(3)21-12)15(23)22-10-5-4-9(16)13(17)14(10)18/h4-7H,1-3H3,(H,22,23)(H,19,20,21). The van der Waals surface area contributed by atoms with E-state index in [4.69, 9.17) is 0 Å². The van der Waals surface area contributed by atoms with Crippen LogP contribution in [0.4, 0.5) is 24.7 Å². The second-order valence-electron chi connectivity index (χ2n) is 5.16. The van der Waals surface area contributed by atoms with Crippen molar-refractivity contribution in [3.8, 4) is 0 Å². The molecule has 0 aliphatic heterocycles. The van der Waals surface area contributed by atoms with Crippen LogP contribution in [0.5, 0.6) is 0 Å². The summed E-state index contributed by atoms with van der Waals surface area (Å²) in [4.78, 5) is 20.2. The van der Waals surface area contributed by atoms with Crippen molar-refractivity contribution in [3.05, 3.63) is 47.2 Å². The molecule has 1 aromatic carbocycles. The maximum Gasteiger partial charge on any atom is 0.274 e. The number of carbonyl (C=O) groups excluding carboxylic acids is 1. The minimum absolute atomic E-state index is 0.0233. The quantitative estimate of drug-likeness (QED) is 0.847. The van der Waals surface area contributed by atoms with Crippen LogP contribution in [0.25, 0.3) is 0 Å². The number of amides is 1. The molecule has 2 aromatic rings. The smallest absolute Gasteiger partial charge is 0.274 e. The number of nitrogens with one attached hydrogen (secondary N) is 2. The number of hydrogen-bond acceptors (Lipinski definition) is 4. The first kappa shape index (κ1) is 16.7. The molecule has 5 nitrogen and oxygen atoms in total. The first-order chi connectivity index (χ1) is 10.8. The molecule has 2 rings (SSSR count). The van der Waals surface area contributed by atoms with Crippen molar-refractivity contribution in [2.75, 3.05) is 10.6 Å². The van der Waals surface area contributed by atoms with E-state index in [0.29, 0.717) is 11.6 Å². The molecule has 0 aliphatic carbocycles. The van der Waals surface area contributed by atoms with Crippen LogP contribution in [0.3, 0.4) is 0 Å². The second kappa shape index (κ2) is 6.64. The number of benzene rings is 1. The normalized spacial score (nSPS) is 10.7. The van der Waals surface area contributed by atoms with E-state index in [1.54, 1.807) is 6.92 Å². The zero-order chi connectivity index (χ0) is 17.1. The average molecular weight is 324 g/mol. The molecule has 1 amide bonds. The molecule has 0 fully saturated rings. The molecule has 0 atom stereocenters. The maximum atomic E-state index is 13.6. The third-order valence-electron chi connectivity index (χ3n) is 2.79.